The first kappa shape index (κ1) is 16.9. The van der Waals surface area contributed by atoms with Gasteiger partial charge in [-0.25, -0.2) is 8.42 Å². The molecule has 5 heteroatoms. The van der Waals surface area contributed by atoms with E-state index in [2.05, 4.69) is 37.9 Å². The molecule has 0 aromatic carbocycles. The fraction of sp³-hybridized carbons (Fsp3) is 1.00. The molecule has 0 aliphatic carbocycles. The van der Waals surface area contributed by atoms with Crippen LogP contribution in [0.4, 0.5) is 0 Å². The molecule has 0 radical (unpaired) electrons. The molecule has 0 spiro atoms. The third-order valence-electron chi connectivity index (χ3n) is 4.21. The highest BCUT2D eigenvalue weighted by Gasteiger charge is 2.39. The molecule has 1 rings (SSSR count). The van der Waals surface area contributed by atoms with Crippen LogP contribution in [-0.4, -0.2) is 55.5 Å². The molecular formula is C14H30N2O2S. The number of piperazine rings is 1. The van der Waals surface area contributed by atoms with Crippen molar-refractivity contribution in [3.05, 3.63) is 0 Å². The van der Waals surface area contributed by atoms with Gasteiger partial charge in [0.2, 0.25) is 0 Å². The maximum absolute atomic E-state index is 11.9. The third kappa shape index (κ3) is 4.17. The molecule has 4 nitrogen and oxygen atoms in total. The van der Waals surface area contributed by atoms with E-state index in [0.717, 1.165) is 13.1 Å². The van der Waals surface area contributed by atoms with Crippen molar-refractivity contribution >= 4 is 9.84 Å². The molecule has 1 aliphatic heterocycles. The Morgan fingerprint density at radius 1 is 1.37 bits per heavy atom. The van der Waals surface area contributed by atoms with E-state index in [1.807, 2.05) is 13.8 Å². The summed E-state index contributed by atoms with van der Waals surface area (Å²) in [5.74, 6) is 0.513. The molecule has 1 unspecified atom stereocenters. The highest BCUT2D eigenvalue weighted by atomic mass is 32.2. The van der Waals surface area contributed by atoms with E-state index in [1.165, 1.54) is 6.26 Å². The van der Waals surface area contributed by atoms with Crippen molar-refractivity contribution in [1.29, 1.82) is 0 Å². The molecule has 0 aromatic heterocycles. The van der Waals surface area contributed by atoms with E-state index in [9.17, 15) is 8.42 Å². The maximum atomic E-state index is 11.9. The average Bonchev–Trinajstić information content (AvgIpc) is 2.12. The Hall–Kier alpha value is -0.130. The zero-order chi connectivity index (χ0) is 15.1. The summed E-state index contributed by atoms with van der Waals surface area (Å²) in [6, 6.07) is 0.397. The molecule has 0 saturated carbocycles. The SMILES string of the molecule is CC(C)C1CNC(C)(C)CN1CC(C)(C)S(C)(=O)=O. The van der Waals surface area contributed by atoms with E-state index in [-0.39, 0.29) is 5.54 Å². The predicted octanol–water partition coefficient (Wildman–Crippen LogP) is 1.52. The summed E-state index contributed by atoms with van der Waals surface area (Å²) in [5.41, 5.74) is 0.0406. The van der Waals surface area contributed by atoms with E-state index >= 15 is 0 Å². The summed E-state index contributed by atoms with van der Waals surface area (Å²) in [4.78, 5) is 2.35. The topological polar surface area (TPSA) is 49.4 Å². The number of hydrogen-bond acceptors (Lipinski definition) is 4. The quantitative estimate of drug-likeness (QED) is 0.853. The smallest absolute Gasteiger partial charge is 0.153 e. The highest BCUT2D eigenvalue weighted by Crippen LogP contribution is 2.25. The summed E-state index contributed by atoms with van der Waals surface area (Å²) >= 11 is 0. The Labute approximate surface area is 118 Å². The summed E-state index contributed by atoms with van der Waals surface area (Å²) in [6.45, 7) is 14.8. The van der Waals surface area contributed by atoms with Gasteiger partial charge in [0.25, 0.3) is 0 Å². The zero-order valence-electron chi connectivity index (χ0n) is 13.4. The van der Waals surface area contributed by atoms with Crippen molar-refractivity contribution in [2.24, 2.45) is 5.92 Å². The lowest BCUT2D eigenvalue weighted by molar-refractivity contribution is 0.0626. The largest absolute Gasteiger partial charge is 0.309 e. The summed E-state index contributed by atoms with van der Waals surface area (Å²) in [5, 5.41) is 3.55. The van der Waals surface area contributed by atoms with Crippen LogP contribution in [0.5, 0.6) is 0 Å². The first-order chi connectivity index (χ1) is 8.36. The molecule has 1 fully saturated rings. The monoisotopic (exact) mass is 290 g/mol. The van der Waals surface area contributed by atoms with Crippen molar-refractivity contribution in [2.45, 2.75) is 57.9 Å². The summed E-state index contributed by atoms with van der Waals surface area (Å²) in [6.07, 6.45) is 1.34. The van der Waals surface area contributed by atoms with Gasteiger partial charge in [-0.15, -0.1) is 0 Å². The number of rotatable bonds is 4. The Bertz CT molecular complexity index is 413. The van der Waals surface area contributed by atoms with Gasteiger partial charge in [-0.05, 0) is 33.6 Å². The lowest BCUT2D eigenvalue weighted by Crippen LogP contribution is -2.65. The van der Waals surface area contributed by atoms with Gasteiger partial charge in [0.05, 0.1) is 4.75 Å². The second-order valence-electron chi connectivity index (χ2n) is 7.51. The van der Waals surface area contributed by atoms with Crippen molar-refractivity contribution in [3.63, 3.8) is 0 Å². The minimum Gasteiger partial charge on any atom is -0.309 e. The van der Waals surface area contributed by atoms with Gasteiger partial charge in [0.1, 0.15) is 0 Å². The lowest BCUT2D eigenvalue weighted by atomic mass is 9.92. The van der Waals surface area contributed by atoms with E-state index in [4.69, 9.17) is 0 Å². The summed E-state index contributed by atoms with van der Waals surface area (Å²) in [7, 11) is -3.05. The predicted molar refractivity (Wildman–Crippen MR) is 81.2 cm³/mol. The molecule has 0 bridgehead atoms. The van der Waals surface area contributed by atoms with E-state index in [0.29, 0.717) is 18.5 Å². The molecule has 1 atom stereocenters. The Kier molecular flexibility index (Phi) is 4.75. The maximum Gasteiger partial charge on any atom is 0.153 e. The molecule has 0 aromatic rings. The van der Waals surface area contributed by atoms with Crippen LogP contribution in [0.15, 0.2) is 0 Å². The molecule has 1 aliphatic rings. The molecule has 1 heterocycles. The van der Waals surface area contributed by atoms with Gasteiger partial charge < -0.3 is 5.32 Å². The molecule has 0 amide bonds. The average molecular weight is 290 g/mol. The van der Waals surface area contributed by atoms with Crippen LogP contribution in [0.2, 0.25) is 0 Å². The lowest BCUT2D eigenvalue weighted by Gasteiger charge is -2.48. The molecule has 19 heavy (non-hydrogen) atoms. The molecular weight excluding hydrogens is 260 g/mol. The highest BCUT2D eigenvalue weighted by molar-refractivity contribution is 7.92. The first-order valence-electron chi connectivity index (χ1n) is 7.04. The zero-order valence-corrected chi connectivity index (χ0v) is 14.3. The third-order valence-corrected chi connectivity index (χ3v) is 6.35. The molecule has 1 saturated heterocycles. The van der Waals surface area contributed by atoms with Gasteiger partial charge in [0.15, 0.2) is 9.84 Å². The number of sulfone groups is 1. The van der Waals surface area contributed by atoms with Crippen LogP contribution in [0.25, 0.3) is 0 Å². The minimum atomic E-state index is -3.05. The van der Waals surface area contributed by atoms with Gasteiger partial charge in [-0.2, -0.15) is 0 Å². The Balaban J connectivity index is 2.93. The Morgan fingerprint density at radius 3 is 2.32 bits per heavy atom. The summed E-state index contributed by atoms with van der Waals surface area (Å²) < 4.78 is 23.1. The van der Waals surface area contributed by atoms with Crippen LogP contribution >= 0.6 is 0 Å². The second-order valence-corrected chi connectivity index (χ2v) is 10.2. The normalized spacial score (nSPS) is 25.8. The fourth-order valence-electron chi connectivity index (χ4n) is 2.63. The minimum absolute atomic E-state index is 0.0406. The van der Waals surface area contributed by atoms with Gasteiger partial charge in [-0.3, -0.25) is 4.90 Å². The number of hydrogen-bond donors (Lipinski definition) is 1. The van der Waals surface area contributed by atoms with Crippen LogP contribution in [0.3, 0.4) is 0 Å². The van der Waals surface area contributed by atoms with E-state index in [1.54, 1.807) is 0 Å². The van der Waals surface area contributed by atoms with Crippen molar-refractivity contribution in [1.82, 2.24) is 10.2 Å². The van der Waals surface area contributed by atoms with Crippen molar-refractivity contribution < 1.29 is 8.42 Å². The second kappa shape index (κ2) is 5.34. The first-order valence-corrected chi connectivity index (χ1v) is 8.93. The number of nitrogens with one attached hydrogen (secondary N) is 1. The fourth-order valence-corrected chi connectivity index (χ4v) is 3.03. The van der Waals surface area contributed by atoms with Crippen molar-refractivity contribution in [2.75, 3.05) is 25.9 Å². The van der Waals surface area contributed by atoms with Gasteiger partial charge >= 0.3 is 0 Å². The van der Waals surface area contributed by atoms with Crippen LogP contribution in [0.1, 0.15) is 41.5 Å². The van der Waals surface area contributed by atoms with Crippen LogP contribution in [-0.2, 0) is 9.84 Å². The Morgan fingerprint density at radius 2 is 1.89 bits per heavy atom. The van der Waals surface area contributed by atoms with Crippen molar-refractivity contribution in [3.8, 4) is 0 Å². The number of nitrogens with zero attached hydrogens (tertiary/aromatic N) is 1. The van der Waals surface area contributed by atoms with Crippen LogP contribution < -0.4 is 5.32 Å². The van der Waals surface area contributed by atoms with Gasteiger partial charge in [-0.1, -0.05) is 13.8 Å². The van der Waals surface area contributed by atoms with Gasteiger partial charge in [0, 0.05) is 37.5 Å². The standard InChI is InChI=1S/C14H30N2O2S/c1-11(2)12-8-15-13(3,4)9-16(12)10-14(5,6)19(7,17)18/h11-12,15H,8-10H2,1-7H3. The van der Waals surface area contributed by atoms with E-state index < -0.39 is 14.6 Å². The molecule has 114 valence electrons. The van der Waals surface area contributed by atoms with Crippen LogP contribution in [0, 0.1) is 5.92 Å². The molecule has 1 N–H and O–H groups in total.